The van der Waals surface area contributed by atoms with Crippen LogP contribution in [0.5, 0.6) is 5.75 Å². The molecule has 148 valence electrons. The summed E-state index contributed by atoms with van der Waals surface area (Å²) < 4.78 is 16.0. The molecule has 7 nitrogen and oxygen atoms in total. The highest BCUT2D eigenvalue weighted by Gasteiger charge is 2.44. The summed E-state index contributed by atoms with van der Waals surface area (Å²) in [5.41, 5.74) is 0.653. The number of aliphatic hydroxyl groups is 1. The van der Waals surface area contributed by atoms with Crippen LogP contribution in [0.2, 0.25) is 0 Å². The van der Waals surface area contributed by atoms with Crippen LogP contribution in [0.3, 0.4) is 0 Å². The van der Waals surface area contributed by atoms with E-state index >= 15 is 0 Å². The molecular formula is C21H23NO6. The lowest BCUT2D eigenvalue weighted by molar-refractivity contribution is -0.130. The number of rotatable bonds is 9. The summed E-state index contributed by atoms with van der Waals surface area (Å²) in [6, 6.07) is 9.51. The summed E-state index contributed by atoms with van der Waals surface area (Å²) in [6.07, 6.45) is 2.23. The summed E-state index contributed by atoms with van der Waals surface area (Å²) in [5, 5.41) is 10.5. The fraction of sp³-hybridized carbons (Fsp3) is 0.333. The molecule has 0 saturated carbocycles. The average molecular weight is 385 g/mol. The van der Waals surface area contributed by atoms with Crippen molar-refractivity contribution in [2.45, 2.75) is 19.4 Å². The van der Waals surface area contributed by atoms with Gasteiger partial charge in [0, 0.05) is 13.7 Å². The van der Waals surface area contributed by atoms with Crippen molar-refractivity contribution in [3.05, 3.63) is 65.3 Å². The van der Waals surface area contributed by atoms with E-state index in [4.69, 9.17) is 13.9 Å². The third kappa shape index (κ3) is 3.80. The fourth-order valence-corrected chi connectivity index (χ4v) is 3.19. The van der Waals surface area contributed by atoms with E-state index in [-0.39, 0.29) is 24.5 Å². The number of ether oxygens (including phenoxy) is 2. The molecule has 0 spiro atoms. The van der Waals surface area contributed by atoms with E-state index in [2.05, 4.69) is 0 Å². The number of Topliss-reactive ketones (excluding diaryl/α,β-unsaturated/α-hetero) is 1. The lowest BCUT2D eigenvalue weighted by atomic mass is 9.95. The van der Waals surface area contributed by atoms with Crippen molar-refractivity contribution >= 4 is 11.7 Å². The van der Waals surface area contributed by atoms with Crippen LogP contribution >= 0.6 is 0 Å². The molecule has 1 N–H and O–H groups in total. The smallest absolute Gasteiger partial charge is 0.290 e. The first-order chi connectivity index (χ1) is 13.6. The van der Waals surface area contributed by atoms with Crippen LogP contribution in [0.15, 0.2) is 58.4 Å². The Kier molecular flexibility index (Phi) is 6.16. The first-order valence-corrected chi connectivity index (χ1v) is 9.12. The van der Waals surface area contributed by atoms with Gasteiger partial charge in [0.2, 0.25) is 5.78 Å². The maximum Gasteiger partial charge on any atom is 0.290 e. The summed E-state index contributed by atoms with van der Waals surface area (Å²) in [5.74, 6) is -1.01. The zero-order valence-corrected chi connectivity index (χ0v) is 15.9. The molecule has 1 atom stereocenters. The molecule has 7 heteroatoms. The van der Waals surface area contributed by atoms with E-state index in [1.54, 1.807) is 24.3 Å². The molecule has 0 fully saturated rings. The normalized spacial score (nSPS) is 16.7. The van der Waals surface area contributed by atoms with Crippen molar-refractivity contribution in [2.75, 3.05) is 26.9 Å². The zero-order chi connectivity index (χ0) is 20.1. The largest absolute Gasteiger partial charge is 0.503 e. The summed E-state index contributed by atoms with van der Waals surface area (Å²) in [4.78, 5) is 27.1. The van der Waals surface area contributed by atoms with E-state index in [0.717, 1.165) is 6.42 Å². The van der Waals surface area contributed by atoms with Gasteiger partial charge in [-0.2, -0.15) is 0 Å². The molecule has 0 bridgehead atoms. The Morgan fingerprint density at radius 3 is 2.75 bits per heavy atom. The molecule has 0 radical (unpaired) electrons. The van der Waals surface area contributed by atoms with Gasteiger partial charge in [0.05, 0.1) is 31.1 Å². The van der Waals surface area contributed by atoms with Gasteiger partial charge >= 0.3 is 0 Å². The number of benzene rings is 1. The Bertz CT molecular complexity index is 871. The van der Waals surface area contributed by atoms with Crippen LogP contribution in [-0.4, -0.2) is 48.6 Å². The number of ketones is 1. The maximum atomic E-state index is 13.0. The zero-order valence-electron chi connectivity index (χ0n) is 15.9. The standard InChI is InChI=1S/C21H23NO6/c1-3-10-27-15-7-4-6-14(13-15)18-17(19(23)16-8-5-11-28-16)20(24)21(25)22(18)9-12-26-2/h4-8,11,13,18,24H,3,9-10,12H2,1-2H3/t18-/m0/s1. The van der Waals surface area contributed by atoms with Gasteiger partial charge in [-0.05, 0) is 36.2 Å². The van der Waals surface area contributed by atoms with Crippen molar-refractivity contribution < 1.29 is 28.6 Å². The fourth-order valence-electron chi connectivity index (χ4n) is 3.19. The molecule has 2 heterocycles. The molecule has 1 aliphatic heterocycles. The van der Waals surface area contributed by atoms with E-state index < -0.39 is 23.5 Å². The van der Waals surface area contributed by atoms with Gasteiger partial charge in [-0.1, -0.05) is 19.1 Å². The third-order valence-electron chi connectivity index (χ3n) is 4.48. The number of carbonyl (C=O) groups is 2. The van der Waals surface area contributed by atoms with Gasteiger partial charge in [0.25, 0.3) is 5.91 Å². The first-order valence-electron chi connectivity index (χ1n) is 9.12. The minimum Gasteiger partial charge on any atom is -0.503 e. The second-order valence-corrected chi connectivity index (χ2v) is 6.38. The van der Waals surface area contributed by atoms with Crippen molar-refractivity contribution in [1.29, 1.82) is 0 Å². The quantitative estimate of drug-likeness (QED) is 0.666. The topological polar surface area (TPSA) is 89.2 Å². The molecule has 0 saturated heterocycles. The lowest BCUT2D eigenvalue weighted by Gasteiger charge is -2.26. The molecule has 1 aliphatic rings. The minimum atomic E-state index is -0.759. The van der Waals surface area contributed by atoms with Crippen LogP contribution < -0.4 is 4.74 Å². The highest BCUT2D eigenvalue weighted by atomic mass is 16.5. The highest BCUT2D eigenvalue weighted by molar-refractivity contribution is 6.15. The lowest BCUT2D eigenvalue weighted by Crippen LogP contribution is -2.34. The molecule has 1 aromatic carbocycles. The number of furan rings is 1. The minimum absolute atomic E-state index is 0.0105. The molecule has 2 aromatic rings. The molecule has 0 unspecified atom stereocenters. The van der Waals surface area contributed by atoms with E-state index in [1.165, 1.54) is 24.3 Å². The molecule has 1 aromatic heterocycles. The van der Waals surface area contributed by atoms with Gasteiger partial charge in [-0.25, -0.2) is 0 Å². The predicted molar refractivity (Wildman–Crippen MR) is 101 cm³/mol. The average Bonchev–Trinajstić information content (AvgIpc) is 3.33. The van der Waals surface area contributed by atoms with E-state index in [0.29, 0.717) is 17.9 Å². The van der Waals surface area contributed by atoms with Crippen molar-refractivity contribution in [3.8, 4) is 5.75 Å². The number of nitrogens with zero attached hydrogens (tertiary/aromatic N) is 1. The first kappa shape index (κ1) is 19.7. The van der Waals surface area contributed by atoms with Gasteiger partial charge in [-0.3, -0.25) is 9.59 Å². The Morgan fingerprint density at radius 2 is 2.07 bits per heavy atom. The van der Waals surface area contributed by atoms with Crippen molar-refractivity contribution in [1.82, 2.24) is 4.90 Å². The SMILES string of the molecule is CCCOc1cccc([C@H]2C(C(=O)c3ccco3)=C(O)C(=O)N2CCOC)c1. The maximum absolute atomic E-state index is 13.0. The number of hydrogen-bond donors (Lipinski definition) is 1. The molecule has 28 heavy (non-hydrogen) atoms. The van der Waals surface area contributed by atoms with Crippen LogP contribution in [0.25, 0.3) is 0 Å². The second kappa shape index (κ2) is 8.75. The van der Waals surface area contributed by atoms with Crippen LogP contribution in [0, 0.1) is 0 Å². The summed E-state index contributed by atoms with van der Waals surface area (Å²) >= 11 is 0. The number of aliphatic hydroxyl groups excluding tert-OH is 1. The highest BCUT2D eigenvalue weighted by Crippen LogP contribution is 2.39. The number of amides is 1. The second-order valence-electron chi connectivity index (χ2n) is 6.38. The number of hydrogen-bond acceptors (Lipinski definition) is 6. The van der Waals surface area contributed by atoms with E-state index in [9.17, 15) is 14.7 Å². The van der Waals surface area contributed by atoms with Crippen LogP contribution in [0.1, 0.15) is 35.5 Å². The van der Waals surface area contributed by atoms with Gasteiger partial charge in [-0.15, -0.1) is 0 Å². The number of carbonyl (C=O) groups excluding carboxylic acids is 2. The Balaban J connectivity index is 2.03. The summed E-state index contributed by atoms with van der Waals surface area (Å²) in [6.45, 7) is 3.05. The van der Waals surface area contributed by atoms with Crippen molar-refractivity contribution in [3.63, 3.8) is 0 Å². The van der Waals surface area contributed by atoms with Crippen LogP contribution in [-0.2, 0) is 9.53 Å². The Hall–Kier alpha value is -3.06. The molecule has 1 amide bonds. The van der Waals surface area contributed by atoms with Gasteiger partial charge in [0.1, 0.15) is 5.75 Å². The Morgan fingerprint density at radius 1 is 1.25 bits per heavy atom. The summed E-state index contributed by atoms with van der Waals surface area (Å²) in [7, 11) is 1.52. The predicted octanol–water partition coefficient (Wildman–Crippen LogP) is 3.29. The monoisotopic (exact) mass is 385 g/mol. The van der Waals surface area contributed by atoms with E-state index in [1.807, 2.05) is 13.0 Å². The Labute approximate surface area is 163 Å². The third-order valence-corrected chi connectivity index (χ3v) is 4.48. The molecule has 3 rings (SSSR count). The molecular weight excluding hydrogens is 362 g/mol. The van der Waals surface area contributed by atoms with Gasteiger partial charge in [0.15, 0.2) is 11.5 Å². The van der Waals surface area contributed by atoms with Crippen LogP contribution in [0.4, 0.5) is 0 Å². The molecule has 0 aliphatic carbocycles. The van der Waals surface area contributed by atoms with Crippen molar-refractivity contribution in [2.24, 2.45) is 0 Å². The number of methoxy groups -OCH3 is 1. The van der Waals surface area contributed by atoms with Gasteiger partial charge < -0.3 is 23.9 Å².